The average Bonchev–Trinajstić information content (AvgIpc) is 1.62. The summed E-state index contributed by atoms with van der Waals surface area (Å²) >= 11 is 3.42. The topological polar surface area (TPSA) is 106 Å². The summed E-state index contributed by atoms with van der Waals surface area (Å²) in [7, 11) is -4.19. The highest BCUT2D eigenvalue weighted by molar-refractivity contribution is 8.01. The van der Waals surface area contributed by atoms with Crippen molar-refractivity contribution in [2.75, 3.05) is 0 Å². The molecule has 5 nitrogen and oxygen atoms in total. The quantitative estimate of drug-likeness (QED) is 0.227. The lowest BCUT2D eigenvalue weighted by Gasteiger charge is -2.09. The van der Waals surface area contributed by atoms with Crippen molar-refractivity contribution in [2.24, 2.45) is 11.5 Å². The molecule has 5 N–H and O–H groups in total. The zero-order valence-electron chi connectivity index (χ0n) is 4.43. The summed E-state index contributed by atoms with van der Waals surface area (Å²) in [4.78, 5) is 0. The Morgan fingerprint density at radius 2 is 1.78 bits per heavy atom. The van der Waals surface area contributed by atoms with Gasteiger partial charge in [-0.15, -0.1) is 0 Å². The van der Waals surface area contributed by atoms with Crippen molar-refractivity contribution in [2.45, 2.75) is 10.7 Å². The van der Waals surface area contributed by atoms with Crippen molar-refractivity contribution in [3.63, 3.8) is 0 Å². The first-order valence-electron chi connectivity index (χ1n) is 2.01. The van der Waals surface area contributed by atoms with Gasteiger partial charge < -0.3 is 11.5 Å². The van der Waals surface area contributed by atoms with Crippen LogP contribution in [0.1, 0.15) is 0 Å². The van der Waals surface area contributed by atoms with E-state index >= 15 is 0 Å². The van der Waals surface area contributed by atoms with Crippen LogP contribution >= 0.6 is 12.6 Å². The summed E-state index contributed by atoms with van der Waals surface area (Å²) in [6.45, 7) is 0. The summed E-state index contributed by atoms with van der Waals surface area (Å²) in [5.41, 5.74) is 9.77. The molecule has 0 bridgehead atoms. The molecule has 0 amide bonds. The monoisotopic (exact) mass is 172 g/mol. The van der Waals surface area contributed by atoms with Gasteiger partial charge in [0.05, 0.1) is 6.17 Å². The van der Waals surface area contributed by atoms with Gasteiger partial charge in [-0.2, -0.15) is 21.0 Å². The molecular weight excluding hydrogens is 164 g/mol. The van der Waals surface area contributed by atoms with Gasteiger partial charge in [-0.1, -0.05) is 0 Å². The van der Waals surface area contributed by atoms with Crippen molar-refractivity contribution in [3.05, 3.63) is 0 Å². The maximum atomic E-state index is 10.1. The predicted molar refractivity (Wildman–Crippen MR) is 36.5 cm³/mol. The Labute approximate surface area is 58.6 Å². The maximum Gasteiger partial charge on any atom is 0.279 e. The van der Waals surface area contributed by atoms with Gasteiger partial charge in [0, 0.05) is 0 Å². The highest BCUT2D eigenvalue weighted by Crippen LogP contribution is 2.02. The molecule has 0 spiro atoms. The Bertz CT molecular complexity index is 174. The van der Waals surface area contributed by atoms with Crippen LogP contribution < -0.4 is 11.5 Å². The van der Waals surface area contributed by atoms with Gasteiger partial charge in [-0.3, -0.25) is 4.55 Å². The van der Waals surface area contributed by atoms with Crippen LogP contribution in [0.5, 0.6) is 0 Å². The minimum absolute atomic E-state index is 1.16. The fourth-order valence-electron chi connectivity index (χ4n) is 0.199. The van der Waals surface area contributed by atoms with Crippen molar-refractivity contribution in [3.8, 4) is 0 Å². The van der Waals surface area contributed by atoms with Gasteiger partial charge in [0.15, 0.2) is 4.58 Å². The van der Waals surface area contributed by atoms with Crippen LogP contribution in [-0.4, -0.2) is 23.7 Å². The molecule has 0 saturated carbocycles. The van der Waals surface area contributed by atoms with Crippen molar-refractivity contribution >= 4 is 22.7 Å². The van der Waals surface area contributed by atoms with Gasteiger partial charge >= 0.3 is 0 Å². The van der Waals surface area contributed by atoms with E-state index in [2.05, 4.69) is 12.6 Å². The Morgan fingerprint density at radius 1 is 1.44 bits per heavy atom. The number of hydrogen-bond acceptors (Lipinski definition) is 5. The molecule has 0 aliphatic heterocycles. The van der Waals surface area contributed by atoms with Gasteiger partial charge in [0.2, 0.25) is 0 Å². The van der Waals surface area contributed by atoms with E-state index in [1.807, 2.05) is 0 Å². The molecule has 0 saturated heterocycles. The van der Waals surface area contributed by atoms with Crippen LogP contribution in [0.4, 0.5) is 0 Å². The first kappa shape index (κ1) is 9.18. The molecule has 1 atom stereocenters. The molecular formula is C2H8N2O3S2. The van der Waals surface area contributed by atoms with E-state index in [0.717, 1.165) is 0 Å². The Balaban J connectivity index is 4.24. The maximum absolute atomic E-state index is 10.1. The smallest absolute Gasteiger partial charge is 0.279 e. The zero-order chi connectivity index (χ0) is 7.65. The molecule has 56 valence electrons. The average molecular weight is 172 g/mol. The third-order valence-corrected chi connectivity index (χ3v) is 2.70. The second-order valence-electron chi connectivity index (χ2n) is 1.48. The highest BCUT2D eigenvalue weighted by Gasteiger charge is 2.22. The van der Waals surface area contributed by atoms with Crippen molar-refractivity contribution in [1.29, 1.82) is 0 Å². The second kappa shape index (κ2) is 2.84. The highest BCUT2D eigenvalue weighted by atomic mass is 32.3. The van der Waals surface area contributed by atoms with Gasteiger partial charge in [0.25, 0.3) is 10.1 Å². The molecule has 0 aliphatic rings. The first-order valence-corrected chi connectivity index (χ1v) is 4.03. The van der Waals surface area contributed by atoms with Gasteiger partial charge in [-0.25, -0.2) is 0 Å². The number of rotatable bonds is 2. The molecule has 0 heterocycles. The number of thiol groups is 1. The van der Waals surface area contributed by atoms with Crippen LogP contribution in [0.25, 0.3) is 0 Å². The van der Waals surface area contributed by atoms with E-state index in [4.69, 9.17) is 16.0 Å². The number of nitrogens with two attached hydrogens (primary N) is 2. The summed E-state index contributed by atoms with van der Waals surface area (Å²) in [5, 5.41) is 0. The lowest BCUT2D eigenvalue weighted by molar-refractivity contribution is 0.473. The third-order valence-electron chi connectivity index (χ3n) is 0.634. The minimum Gasteiger partial charge on any atom is -0.314 e. The van der Waals surface area contributed by atoms with Gasteiger partial charge in [-0.05, 0) is 0 Å². The van der Waals surface area contributed by atoms with Gasteiger partial charge in [0.1, 0.15) is 0 Å². The largest absolute Gasteiger partial charge is 0.314 e. The van der Waals surface area contributed by atoms with Crippen molar-refractivity contribution < 1.29 is 13.0 Å². The SMILES string of the molecule is NC(N)C(S)S(=O)(=O)O. The molecule has 0 rings (SSSR count). The summed E-state index contributed by atoms with van der Waals surface area (Å²) in [6.07, 6.45) is -1.16. The van der Waals surface area contributed by atoms with Crippen LogP contribution in [0.15, 0.2) is 0 Å². The summed E-state index contributed by atoms with van der Waals surface area (Å²) in [5.74, 6) is 0. The molecule has 0 aromatic heterocycles. The molecule has 7 heteroatoms. The van der Waals surface area contributed by atoms with E-state index in [1.54, 1.807) is 0 Å². The van der Waals surface area contributed by atoms with E-state index in [0.29, 0.717) is 0 Å². The summed E-state index contributed by atoms with van der Waals surface area (Å²) < 4.78 is 27.0. The fourth-order valence-corrected chi connectivity index (χ4v) is 0.596. The normalized spacial score (nSPS) is 16.1. The fraction of sp³-hybridized carbons (Fsp3) is 1.00. The Hall–Kier alpha value is 0.180. The Kier molecular flexibility index (Phi) is 2.90. The molecule has 1 unspecified atom stereocenters. The van der Waals surface area contributed by atoms with Crippen LogP contribution in [-0.2, 0) is 10.1 Å². The van der Waals surface area contributed by atoms with E-state index in [1.165, 1.54) is 0 Å². The predicted octanol–water partition coefficient (Wildman–Crippen LogP) is -1.63. The lowest BCUT2D eigenvalue weighted by atomic mass is 10.6. The second-order valence-corrected chi connectivity index (χ2v) is 3.93. The molecule has 0 fully saturated rings. The third kappa shape index (κ3) is 3.01. The zero-order valence-corrected chi connectivity index (χ0v) is 6.14. The molecule has 0 aromatic carbocycles. The van der Waals surface area contributed by atoms with E-state index < -0.39 is 20.9 Å². The molecule has 0 aliphatic carbocycles. The first-order chi connectivity index (χ1) is 3.85. The van der Waals surface area contributed by atoms with Crippen molar-refractivity contribution in [1.82, 2.24) is 0 Å². The van der Waals surface area contributed by atoms with E-state index in [-0.39, 0.29) is 0 Å². The molecule has 9 heavy (non-hydrogen) atoms. The molecule has 0 aromatic rings. The summed E-state index contributed by atoms with van der Waals surface area (Å²) in [6, 6.07) is 0. The minimum atomic E-state index is -4.19. The Morgan fingerprint density at radius 3 is 1.78 bits per heavy atom. The molecule has 0 radical (unpaired) electrons. The van der Waals surface area contributed by atoms with Crippen LogP contribution in [0, 0.1) is 0 Å². The van der Waals surface area contributed by atoms with E-state index in [9.17, 15) is 8.42 Å². The van der Waals surface area contributed by atoms with Crippen LogP contribution in [0.2, 0.25) is 0 Å². The standard InChI is InChI=1S/C2H8N2O3S2/c3-1(4)2(8)9(5,6)7/h1-2,8H,3-4H2,(H,5,6,7). The van der Waals surface area contributed by atoms with Crippen LogP contribution in [0.3, 0.4) is 0 Å². The number of hydrogen-bond donors (Lipinski definition) is 4. The lowest BCUT2D eigenvalue weighted by Crippen LogP contribution is -2.43.